The Morgan fingerprint density at radius 3 is 2.89 bits per heavy atom. The predicted octanol–water partition coefficient (Wildman–Crippen LogP) is 3.02. The van der Waals surface area contributed by atoms with Crippen molar-refractivity contribution in [2.24, 2.45) is 0 Å². The summed E-state index contributed by atoms with van der Waals surface area (Å²) in [5.74, 6) is 0.744. The average molecular weight is 298 g/mol. The van der Waals surface area contributed by atoms with Crippen molar-refractivity contribution in [2.45, 2.75) is 38.6 Å². The Labute approximate surface area is 120 Å². The maximum absolute atomic E-state index is 9.40. The van der Waals surface area contributed by atoms with Gasteiger partial charge < -0.3 is 10.4 Å². The minimum absolute atomic E-state index is 0.0302. The molecule has 0 unspecified atom stereocenters. The standard InChI is InChI=1S/C13H16ClN3OS/c1-13(2,6-18)17-10-9-7-4-3-5-8(7)19-11(9)16-12(14)15-10/h18H,3-6H2,1-2H3,(H,15,16,17). The molecule has 0 aliphatic heterocycles. The van der Waals surface area contributed by atoms with Gasteiger partial charge in [0.1, 0.15) is 10.6 Å². The molecule has 0 saturated carbocycles. The number of hydrogen-bond acceptors (Lipinski definition) is 5. The zero-order valence-corrected chi connectivity index (χ0v) is 12.5. The van der Waals surface area contributed by atoms with Gasteiger partial charge in [-0.15, -0.1) is 11.3 Å². The molecule has 0 radical (unpaired) electrons. The van der Waals surface area contributed by atoms with Gasteiger partial charge in [0.15, 0.2) is 0 Å². The molecule has 2 aromatic rings. The fourth-order valence-electron chi connectivity index (χ4n) is 2.42. The Hall–Kier alpha value is -0.910. The maximum atomic E-state index is 9.40. The first-order valence-corrected chi connectivity index (χ1v) is 7.56. The Balaban J connectivity index is 2.17. The lowest BCUT2D eigenvalue weighted by molar-refractivity contribution is 0.234. The fraction of sp³-hybridized carbons (Fsp3) is 0.538. The van der Waals surface area contributed by atoms with E-state index in [9.17, 15) is 5.11 Å². The van der Waals surface area contributed by atoms with Crippen molar-refractivity contribution in [2.75, 3.05) is 11.9 Å². The van der Waals surface area contributed by atoms with Gasteiger partial charge in [-0.25, -0.2) is 9.97 Å². The summed E-state index contributed by atoms with van der Waals surface area (Å²) < 4.78 is 0. The van der Waals surface area contributed by atoms with E-state index in [0.717, 1.165) is 28.9 Å². The summed E-state index contributed by atoms with van der Waals surface area (Å²) in [6, 6.07) is 0. The number of thiophene rings is 1. The molecule has 19 heavy (non-hydrogen) atoms. The number of aromatic nitrogens is 2. The number of nitrogens with one attached hydrogen (secondary N) is 1. The van der Waals surface area contributed by atoms with Crippen LogP contribution < -0.4 is 5.32 Å². The molecule has 102 valence electrons. The molecular formula is C13H16ClN3OS. The van der Waals surface area contributed by atoms with Crippen molar-refractivity contribution < 1.29 is 5.11 Å². The molecule has 2 aromatic heterocycles. The van der Waals surface area contributed by atoms with Crippen LogP contribution in [0.25, 0.3) is 10.2 Å². The van der Waals surface area contributed by atoms with Crippen LogP contribution in [0.5, 0.6) is 0 Å². The van der Waals surface area contributed by atoms with E-state index >= 15 is 0 Å². The van der Waals surface area contributed by atoms with Crippen LogP contribution in [-0.2, 0) is 12.8 Å². The highest BCUT2D eigenvalue weighted by Crippen LogP contribution is 2.40. The topological polar surface area (TPSA) is 58.0 Å². The summed E-state index contributed by atoms with van der Waals surface area (Å²) in [4.78, 5) is 11.0. The zero-order valence-electron chi connectivity index (χ0n) is 11.0. The molecule has 0 saturated heterocycles. The Bertz CT molecular complexity index is 638. The van der Waals surface area contributed by atoms with Crippen LogP contribution >= 0.6 is 22.9 Å². The summed E-state index contributed by atoms with van der Waals surface area (Å²) in [5.41, 5.74) is 0.922. The van der Waals surface area contributed by atoms with Gasteiger partial charge >= 0.3 is 0 Å². The van der Waals surface area contributed by atoms with E-state index in [4.69, 9.17) is 11.6 Å². The largest absolute Gasteiger partial charge is 0.394 e. The van der Waals surface area contributed by atoms with Crippen LogP contribution in [0.4, 0.5) is 5.82 Å². The summed E-state index contributed by atoms with van der Waals surface area (Å²) in [7, 11) is 0. The molecule has 2 N–H and O–H groups in total. The lowest BCUT2D eigenvalue weighted by Gasteiger charge is -2.24. The van der Waals surface area contributed by atoms with Crippen molar-refractivity contribution in [3.8, 4) is 0 Å². The van der Waals surface area contributed by atoms with Crippen LogP contribution in [0.1, 0.15) is 30.7 Å². The van der Waals surface area contributed by atoms with E-state index in [1.54, 1.807) is 11.3 Å². The number of anilines is 1. The molecule has 0 atom stereocenters. The molecule has 1 aliphatic rings. The molecule has 0 spiro atoms. The molecule has 4 nitrogen and oxygen atoms in total. The summed E-state index contributed by atoms with van der Waals surface area (Å²) in [6.45, 7) is 3.89. The van der Waals surface area contributed by atoms with Gasteiger partial charge in [-0.05, 0) is 50.3 Å². The summed E-state index contributed by atoms with van der Waals surface area (Å²) in [6.07, 6.45) is 3.40. The van der Waals surface area contributed by atoms with Crippen molar-refractivity contribution >= 4 is 39.0 Å². The molecule has 1 aliphatic carbocycles. The summed E-state index contributed by atoms with van der Waals surface area (Å²) in [5, 5.41) is 14.0. The van der Waals surface area contributed by atoms with Crippen molar-refractivity contribution in [3.05, 3.63) is 15.7 Å². The minimum Gasteiger partial charge on any atom is -0.394 e. The monoisotopic (exact) mass is 297 g/mol. The average Bonchev–Trinajstić information content (AvgIpc) is 2.87. The van der Waals surface area contributed by atoms with E-state index in [-0.39, 0.29) is 11.9 Å². The van der Waals surface area contributed by atoms with Gasteiger partial charge in [-0.2, -0.15) is 0 Å². The van der Waals surface area contributed by atoms with Gasteiger partial charge in [0, 0.05) is 4.88 Å². The quantitative estimate of drug-likeness (QED) is 0.855. The molecule has 0 amide bonds. The molecule has 0 bridgehead atoms. The van der Waals surface area contributed by atoms with E-state index in [2.05, 4.69) is 15.3 Å². The smallest absolute Gasteiger partial charge is 0.225 e. The molecule has 0 fully saturated rings. The van der Waals surface area contributed by atoms with Crippen LogP contribution in [0, 0.1) is 0 Å². The lowest BCUT2D eigenvalue weighted by atomic mass is 10.1. The van der Waals surface area contributed by atoms with Crippen molar-refractivity contribution in [1.29, 1.82) is 0 Å². The highest BCUT2D eigenvalue weighted by atomic mass is 35.5. The highest BCUT2D eigenvalue weighted by Gasteiger charge is 2.25. The normalized spacial score (nSPS) is 14.9. The van der Waals surface area contributed by atoms with Gasteiger partial charge in [0.2, 0.25) is 5.28 Å². The number of halogens is 1. The molecule has 3 rings (SSSR count). The third-order valence-corrected chi connectivity index (χ3v) is 4.74. The van der Waals surface area contributed by atoms with Gasteiger partial charge in [0.05, 0.1) is 17.5 Å². The first kappa shape index (κ1) is 13.1. The molecular weight excluding hydrogens is 282 g/mol. The minimum atomic E-state index is -0.433. The van der Waals surface area contributed by atoms with E-state index in [1.165, 1.54) is 16.9 Å². The van der Waals surface area contributed by atoms with Crippen molar-refractivity contribution in [1.82, 2.24) is 9.97 Å². The Morgan fingerprint density at radius 2 is 2.16 bits per heavy atom. The number of nitrogens with zero attached hydrogens (tertiary/aromatic N) is 2. The third-order valence-electron chi connectivity index (χ3n) is 3.39. The number of fused-ring (bicyclic) bond motifs is 3. The summed E-state index contributed by atoms with van der Waals surface area (Å²) >= 11 is 7.71. The van der Waals surface area contributed by atoms with E-state index in [0.29, 0.717) is 0 Å². The fourth-order valence-corrected chi connectivity index (χ4v) is 3.90. The Morgan fingerprint density at radius 1 is 1.37 bits per heavy atom. The molecule has 0 aromatic carbocycles. The second-order valence-corrected chi connectivity index (χ2v) is 6.97. The SMILES string of the molecule is CC(C)(CO)Nc1nc(Cl)nc2sc3c(c12)CCC3. The van der Waals surface area contributed by atoms with Crippen molar-refractivity contribution in [3.63, 3.8) is 0 Å². The number of rotatable bonds is 3. The zero-order chi connectivity index (χ0) is 13.6. The van der Waals surface area contributed by atoms with E-state index < -0.39 is 5.54 Å². The number of aliphatic hydroxyl groups is 1. The third kappa shape index (κ3) is 2.30. The van der Waals surface area contributed by atoms with Crippen LogP contribution in [0.3, 0.4) is 0 Å². The number of hydrogen-bond donors (Lipinski definition) is 2. The van der Waals surface area contributed by atoms with Crippen LogP contribution in [-0.4, -0.2) is 27.2 Å². The number of aryl methyl sites for hydroxylation is 2. The molecule has 2 heterocycles. The van der Waals surface area contributed by atoms with Gasteiger partial charge in [0.25, 0.3) is 0 Å². The first-order valence-electron chi connectivity index (χ1n) is 6.37. The van der Waals surface area contributed by atoms with Crippen LogP contribution in [0.15, 0.2) is 0 Å². The Kier molecular flexibility index (Phi) is 3.15. The highest BCUT2D eigenvalue weighted by molar-refractivity contribution is 7.19. The van der Waals surface area contributed by atoms with Crippen LogP contribution in [0.2, 0.25) is 5.28 Å². The number of aliphatic hydroxyl groups excluding tert-OH is 1. The van der Waals surface area contributed by atoms with Gasteiger partial charge in [-0.3, -0.25) is 0 Å². The maximum Gasteiger partial charge on any atom is 0.225 e. The van der Waals surface area contributed by atoms with Gasteiger partial charge in [-0.1, -0.05) is 0 Å². The predicted molar refractivity (Wildman–Crippen MR) is 79.2 cm³/mol. The molecule has 6 heteroatoms. The first-order chi connectivity index (χ1) is 9.00. The lowest BCUT2D eigenvalue weighted by Crippen LogP contribution is -2.35. The second-order valence-electron chi connectivity index (χ2n) is 5.55. The van der Waals surface area contributed by atoms with E-state index in [1.807, 2.05) is 13.8 Å². The second kappa shape index (κ2) is 4.58.